The minimum atomic E-state index is -0.236. The Morgan fingerprint density at radius 3 is 2.68 bits per heavy atom. The Bertz CT molecular complexity index is 1470. The highest BCUT2D eigenvalue weighted by molar-refractivity contribution is 7.99. The molecule has 0 radical (unpaired) electrons. The van der Waals surface area contributed by atoms with Crippen LogP contribution in [-0.2, 0) is 4.79 Å². The summed E-state index contributed by atoms with van der Waals surface area (Å²) in [5.41, 5.74) is 5.54. The number of aryl methyl sites for hydroxylation is 3. The van der Waals surface area contributed by atoms with Gasteiger partial charge in [0.05, 0.1) is 17.9 Å². The highest BCUT2D eigenvalue weighted by atomic mass is 32.2. The second-order valence-corrected chi connectivity index (χ2v) is 9.79. The maximum Gasteiger partial charge on any atom is 0.265 e. The van der Waals surface area contributed by atoms with E-state index in [1.54, 1.807) is 20.3 Å². The Hall–Kier alpha value is -3.39. The molecule has 0 saturated heterocycles. The lowest BCUT2D eigenvalue weighted by Crippen LogP contribution is -2.34. The molecular weight excluding hydrogens is 446 g/mol. The molecule has 1 unspecified atom stereocenters. The number of carbonyl (C=O) groups is 1. The second-order valence-electron chi connectivity index (χ2n) is 8.80. The zero-order chi connectivity index (χ0) is 24.0. The number of hydrogen-bond donors (Lipinski definition) is 0. The first-order chi connectivity index (χ1) is 16.4. The molecule has 1 atom stereocenters. The molecule has 4 aromatic rings. The zero-order valence-electron chi connectivity index (χ0n) is 19.8. The highest BCUT2D eigenvalue weighted by Gasteiger charge is 2.31. The summed E-state index contributed by atoms with van der Waals surface area (Å²) in [7, 11) is 0. The number of hydrogen-bond acceptors (Lipinski definition) is 5. The van der Waals surface area contributed by atoms with Crippen LogP contribution < -0.4 is 10.5 Å². The summed E-state index contributed by atoms with van der Waals surface area (Å²) in [6.07, 6.45) is 1.84. The molecular formula is C26H27N5O2S. The van der Waals surface area contributed by atoms with Crippen molar-refractivity contribution in [3.63, 3.8) is 0 Å². The van der Waals surface area contributed by atoms with Gasteiger partial charge in [0.2, 0.25) is 5.91 Å². The molecule has 8 heteroatoms. The molecule has 5 rings (SSSR count). The Balaban J connectivity index is 1.49. The fraction of sp³-hybridized carbons (Fsp3) is 0.308. The Kier molecular flexibility index (Phi) is 5.77. The third kappa shape index (κ3) is 3.81. The smallest absolute Gasteiger partial charge is 0.265 e. The van der Waals surface area contributed by atoms with E-state index >= 15 is 0 Å². The number of benzene rings is 2. The van der Waals surface area contributed by atoms with Crippen molar-refractivity contribution < 1.29 is 4.79 Å². The molecule has 0 aliphatic carbocycles. The van der Waals surface area contributed by atoms with E-state index < -0.39 is 0 Å². The van der Waals surface area contributed by atoms with E-state index in [0.29, 0.717) is 28.5 Å². The Labute approximate surface area is 202 Å². The van der Waals surface area contributed by atoms with Crippen molar-refractivity contribution in [1.29, 1.82) is 0 Å². The number of aromatic nitrogens is 4. The van der Waals surface area contributed by atoms with Gasteiger partial charge >= 0.3 is 0 Å². The van der Waals surface area contributed by atoms with Crippen LogP contribution in [0.4, 0.5) is 5.69 Å². The van der Waals surface area contributed by atoms with Crippen molar-refractivity contribution in [3.8, 4) is 5.69 Å². The average Bonchev–Trinajstić information content (AvgIpc) is 3.39. The minimum Gasteiger partial charge on any atom is -0.313 e. The van der Waals surface area contributed by atoms with Crippen LogP contribution in [0.3, 0.4) is 0 Å². The van der Waals surface area contributed by atoms with E-state index in [0.717, 1.165) is 22.5 Å². The van der Waals surface area contributed by atoms with Gasteiger partial charge in [0, 0.05) is 24.4 Å². The van der Waals surface area contributed by atoms with Crippen LogP contribution >= 0.6 is 11.8 Å². The molecule has 7 nitrogen and oxygen atoms in total. The number of rotatable bonds is 5. The molecule has 0 fully saturated rings. The number of carbonyl (C=O) groups excluding carboxylic acids is 1. The van der Waals surface area contributed by atoms with E-state index in [4.69, 9.17) is 4.98 Å². The molecule has 3 heterocycles. The summed E-state index contributed by atoms with van der Waals surface area (Å²) >= 11 is 1.52. The van der Waals surface area contributed by atoms with Gasteiger partial charge in [-0.1, -0.05) is 41.6 Å². The Morgan fingerprint density at radius 1 is 1.15 bits per heavy atom. The lowest BCUT2D eigenvalue weighted by Gasteiger charge is -2.23. The van der Waals surface area contributed by atoms with Crippen LogP contribution in [0.25, 0.3) is 16.7 Å². The lowest BCUT2D eigenvalue weighted by molar-refractivity contribution is -0.119. The van der Waals surface area contributed by atoms with Gasteiger partial charge in [-0.05, 0) is 57.0 Å². The van der Waals surface area contributed by atoms with E-state index in [1.165, 1.54) is 17.3 Å². The van der Waals surface area contributed by atoms with Crippen molar-refractivity contribution >= 4 is 34.4 Å². The fourth-order valence-electron chi connectivity index (χ4n) is 4.61. The molecule has 2 aromatic heterocycles. The van der Waals surface area contributed by atoms with Gasteiger partial charge < -0.3 is 4.90 Å². The number of anilines is 1. The average molecular weight is 474 g/mol. The number of nitrogens with zero attached hydrogens (tertiary/aromatic N) is 5. The van der Waals surface area contributed by atoms with Crippen molar-refractivity contribution in [3.05, 3.63) is 75.7 Å². The minimum absolute atomic E-state index is 0.00419. The Morgan fingerprint density at radius 2 is 1.94 bits per heavy atom. The van der Waals surface area contributed by atoms with Crippen LogP contribution in [0.2, 0.25) is 0 Å². The molecule has 2 aromatic carbocycles. The normalized spacial score (nSPS) is 15.0. The lowest BCUT2D eigenvalue weighted by atomic mass is 10.1. The van der Waals surface area contributed by atoms with Gasteiger partial charge in [-0.25, -0.2) is 9.67 Å². The summed E-state index contributed by atoms with van der Waals surface area (Å²) in [5, 5.41) is 5.60. The maximum absolute atomic E-state index is 13.5. The van der Waals surface area contributed by atoms with Crippen LogP contribution in [0.15, 0.2) is 58.6 Å². The van der Waals surface area contributed by atoms with Crippen LogP contribution in [-0.4, -0.2) is 37.5 Å². The van der Waals surface area contributed by atoms with E-state index in [9.17, 15) is 9.59 Å². The van der Waals surface area contributed by atoms with Crippen LogP contribution in [0, 0.1) is 20.8 Å². The number of fused-ring (bicyclic) bond motifs is 2. The van der Waals surface area contributed by atoms with Gasteiger partial charge in [-0.3, -0.25) is 14.2 Å². The first kappa shape index (κ1) is 22.4. The predicted octanol–water partition coefficient (Wildman–Crippen LogP) is 4.60. The SMILES string of the molecule is CCN(C(=O)CC1CSc2nc3c(cnn3-c3ccc(C)cc3C)c(=O)n21)c1cccc(C)c1. The van der Waals surface area contributed by atoms with E-state index in [1.807, 2.05) is 64.1 Å². The highest BCUT2D eigenvalue weighted by Crippen LogP contribution is 2.34. The molecule has 0 bridgehead atoms. The summed E-state index contributed by atoms with van der Waals surface area (Å²) in [4.78, 5) is 33.3. The van der Waals surface area contributed by atoms with E-state index in [-0.39, 0.29) is 23.9 Å². The van der Waals surface area contributed by atoms with Crippen LogP contribution in [0.5, 0.6) is 0 Å². The topological polar surface area (TPSA) is 73.0 Å². The first-order valence-corrected chi connectivity index (χ1v) is 12.4. The summed E-state index contributed by atoms with van der Waals surface area (Å²) < 4.78 is 3.42. The van der Waals surface area contributed by atoms with Gasteiger partial charge in [0.1, 0.15) is 5.39 Å². The molecule has 1 aliphatic rings. The van der Waals surface area contributed by atoms with Gasteiger partial charge in [-0.2, -0.15) is 5.10 Å². The molecule has 0 N–H and O–H groups in total. The molecule has 174 valence electrons. The van der Waals surface area contributed by atoms with Crippen molar-refractivity contribution in [2.45, 2.75) is 45.3 Å². The summed E-state index contributed by atoms with van der Waals surface area (Å²) in [5.74, 6) is 0.646. The molecule has 34 heavy (non-hydrogen) atoms. The quantitative estimate of drug-likeness (QED) is 0.396. The van der Waals surface area contributed by atoms with E-state index in [2.05, 4.69) is 11.2 Å². The molecule has 0 spiro atoms. The second kappa shape index (κ2) is 8.76. The summed E-state index contributed by atoms with van der Waals surface area (Å²) in [6.45, 7) is 8.63. The van der Waals surface area contributed by atoms with Crippen molar-refractivity contribution in [2.75, 3.05) is 17.2 Å². The predicted molar refractivity (Wildman–Crippen MR) is 136 cm³/mol. The summed E-state index contributed by atoms with van der Waals surface area (Å²) in [6, 6.07) is 13.8. The number of thioether (sulfide) groups is 1. The van der Waals surface area contributed by atoms with Crippen molar-refractivity contribution in [2.24, 2.45) is 0 Å². The number of amides is 1. The van der Waals surface area contributed by atoms with Crippen LogP contribution in [0.1, 0.15) is 36.1 Å². The molecule has 1 amide bonds. The standard InChI is InChI=1S/C26H27N5O2S/c1-5-29(19-8-6-7-16(2)12-19)23(32)13-20-15-34-26-28-24-21(25(33)30(20)26)14-27-31(24)22-10-9-17(3)11-18(22)4/h6-12,14,20H,5,13,15H2,1-4H3. The third-order valence-corrected chi connectivity index (χ3v) is 7.39. The monoisotopic (exact) mass is 473 g/mol. The van der Waals surface area contributed by atoms with Gasteiger partial charge in [-0.15, -0.1) is 0 Å². The fourth-order valence-corrected chi connectivity index (χ4v) is 5.74. The molecule has 1 aliphatic heterocycles. The van der Waals surface area contributed by atoms with Crippen molar-refractivity contribution in [1.82, 2.24) is 19.3 Å². The van der Waals surface area contributed by atoms with Gasteiger partial charge in [0.15, 0.2) is 10.8 Å². The zero-order valence-corrected chi connectivity index (χ0v) is 20.6. The van der Waals surface area contributed by atoms with Gasteiger partial charge in [0.25, 0.3) is 5.56 Å². The molecule has 0 saturated carbocycles. The maximum atomic E-state index is 13.5. The first-order valence-electron chi connectivity index (χ1n) is 11.4. The third-order valence-electron chi connectivity index (χ3n) is 6.29. The largest absolute Gasteiger partial charge is 0.313 e.